The Balaban J connectivity index is 1.52. The van der Waals surface area contributed by atoms with Gasteiger partial charge in [0, 0.05) is 19.6 Å². The third-order valence-electron chi connectivity index (χ3n) is 5.92. The van der Waals surface area contributed by atoms with Crippen molar-refractivity contribution in [3.63, 3.8) is 0 Å². The van der Waals surface area contributed by atoms with Crippen LogP contribution in [0.15, 0.2) is 54.6 Å². The predicted molar refractivity (Wildman–Crippen MR) is 118 cm³/mol. The summed E-state index contributed by atoms with van der Waals surface area (Å²) in [5.74, 6) is 0.920. The fourth-order valence-electron chi connectivity index (χ4n) is 4.40. The molecule has 1 aliphatic rings. The molecule has 7 nitrogen and oxygen atoms in total. The molecule has 0 radical (unpaired) electrons. The summed E-state index contributed by atoms with van der Waals surface area (Å²) in [5.41, 5.74) is 2.52. The van der Waals surface area contributed by atoms with Gasteiger partial charge in [-0.15, -0.1) is 0 Å². The van der Waals surface area contributed by atoms with Crippen molar-refractivity contribution in [1.82, 2.24) is 25.4 Å². The monoisotopic (exact) mass is 419 g/mol. The van der Waals surface area contributed by atoms with E-state index in [4.69, 9.17) is 0 Å². The molecule has 2 aromatic carbocycles. The molecule has 0 unspecified atom stereocenters. The van der Waals surface area contributed by atoms with E-state index in [0.29, 0.717) is 24.6 Å². The standard InChI is InChI=1S/C24H29N5O2/c1-17-7-6-8-19(13-17)15-29-12-11-24(21(30)16-29,20-9-4-3-5-10-20)26-23(31)14-22-25-18(2)27-28-22/h3-10,13,21,30H,11-12,14-16H2,1-2H3,(H,26,31)(H,25,27,28)/t21-,24+/m1/s1. The predicted octanol–water partition coefficient (Wildman–Crippen LogP) is 2.24. The van der Waals surface area contributed by atoms with E-state index in [0.717, 1.165) is 18.7 Å². The molecule has 0 aliphatic carbocycles. The molecule has 1 saturated heterocycles. The number of piperidine rings is 1. The number of benzene rings is 2. The van der Waals surface area contributed by atoms with Crippen LogP contribution in [0.25, 0.3) is 0 Å². The second kappa shape index (κ2) is 8.99. The number of aryl methyl sites for hydroxylation is 2. The smallest absolute Gasteiger partial charge is 0.228 e. The number of rotatable bonds is 6. The number of aliphatic hydroxyl groups is 1. The van der Waals surface area contributed by atoms with Crippen LogP contribution in [0.1, 0.15) is 34.8 Å². The highest BCUT2D eigenvalue weighted by atomic mass is 16.3. The fraction of sp³-hybridized carbons (Fsp3) is 0.375. The topological polar surface area (TPSA) is 94.1 Å². The molecule has 7 heteroatoms. The van der Waals surface area contributed by atoms with Crippen LogP contribution in [-0.4, -0.2) is 50.3 Å². The van der Waals surface area contributed by atoms with E-state index in [-0.39, 0.29) is 12.3 Å². The van der Waals surface area contributed by atoms with Gasteiger partial charge in [0.05, 0.1) is 18.1 Å². The SMILES string of the molecule is Cc1cccc(CN2CC[C@](NC(=O)Cc3n[nH]c(C)n3)(c3ccccc3)[C@H](O)C2)c1. The van der Waals surface area contributed by atoms with Gasteiger partial charge in [0.2, 0.25) is 5.91 Å². The highest BCUT2D eigenvalue weighted by Gasteiger charge is 2.44. The van der Waals surface area contributed by atoms with Gasteiger partial charge in [-0.05, 0) is 31.4 Å². The molecule has 1 fully saturated rings. The zero-order valence-corrected chi connectivity index (χ0v) is 18.0. The minimum atomic E-state index is -0.840. The number of carbonyl (C=O) groups excluding carboxylic acids is 1. The van der Waals surface area contributed by atoms with Gasteiger partial charge in [-0.1, -0.05) is 60.2 Å². The summed E-state index contributed by atoms with van der Waals surface area (Å²) in [5, 5.41) is 21.3. The number of aromatic nitrogens is 3. The number of carbonyl (C=O) groups is 1. The average Bonchev–Trinajstić information content (AvgIpc) is 3.15. The number of β-amino-alcohol motifs (C(OH)–C–C–N with tert-alkyl or cyclic N) is 1. The normalized spacial score (nSPS) is 21.7. The van der Waals surface area contributed by atoms with Gasteiger partial charge >= 0.3 is 0 Å². The molecular weight excluding hydrogens is 390 g/mol. The molecule has 1 amide bonds. The van der Waals surface area contributed by atoms with Crippen molar-refractivity contribution < 1.29 is 9.90 Å². The highest BCUT2D eigenvalue weighted by Crippen LogP contribution is 2.34. The number of amides is 1. The molecule has 0 saturated carbocycles. The van der Waals surface area contributed by atoms with Gasteiger partial charge in [-0.3, -0.25) is 14.8 Å². The first-order valence-corrected chi connectivity index (χ1v) is 10.6. The Kier molecular flexibility index (Phi) is 6.15. The quantitative estimate of drug-likeness (QED) is 0.570. The van der Waals surface area contributed by atoms with Gasteiger partial charge in [-0.25, -0.2) is 4.98 Å². The second-order valence-electron chi connectivity index (χ2n) is 8.39. The van der Waals surface area contributed by atoms with Crippen LogP contribution >= 0.6 is 0 Å². The highest BCUT2D eigenvalue weighted by molar-refractivity contribution is 5.79. The van der Waals surface area contributed by atoms with Crippen molar-refractivity contribution in [1.29, 1.82) is 0 Å². The van der Waals surface area contributed by atoms with Crippen LogP contribution in [0.2, 0.25) is 0 Å². The first kappa shape index (κ1) is 21.2. The van der Waals surface area contributed by atoms with Gasteiger partial charge in [0.25, 0.3) is 0 Å². The summed E-state index contributed by atoms with van der Waals surface area (Å²) in [6, 6.07) is 18.2. The van der Waals surface area contributed by atoms with Crippen LogP contribution < -0.4 is 5.32 Å². The van der Waals surface area contributed by atoms with Crippen LogP contribution in [0, 0.1) is 13.8 Å². The van der Waals surface area contributed by atoms with E-state index >= 15 is 0 Å². The van der Waals surface area contributed by atoms with Crippen LogP contribution in [0.4, 0.5) is 0 Å². The maximum absolute atomic E-state index is 12.9. The van der Waals surface area contributed by atoms with Gasteiger partial charge in [-0.2, -0.15) is 5.10 Å². The molecule has 3 aromatic rings. The van der Waals surface area contributed by atoms with E-state index < -0.39 is 11.6 Å². The summed E-state index contributed by atoms with van der Waals surface area (Å²) < 4.78 is 0. The molecule has 2 atom stereocenters. The molecule has 4 rings (SSSR count). The lowest BCUT2D eigenvalue weighted by molar-refractivity contribution is -0.126. The Hall–Kier alpha value is -3.03. The summed E-state index contributed by atoms with van der Waals surface area (Å²) in [7, 11) is 0. The molecule has 1 aliphatic heterocycles. The third-order valence-corrected chi connectivity index (χ3v) is 5.92. The number of likely N-dealkylation sites (tertiary alicyclic amines) is 1. The fourth-order valence-corrected chi connectivity index (χ4v) is 4.40. The second-order valence-corrected chi connectivity index (χ2v) is 8.39. The van der Waals surface area contributed by atoms with Crippen molar-refractivity contribution >= 4 is 5.91 Å². The lowest BCUT2D eigenvalue weighted by atomic mass is 9.78. The molecule has 3 N–H and O–H groups in total. The van der Waals surface area contributed by atoms with Crippen molar-refractivity contribution in [2.24, 2.45) is 0 Å². The average molecular weight is 420 g/mol. The van der Waals surface area contributed by atoms with Crippen LogP contribution in [0.5, 0.6) is 0 Å². The molecular formula is C24H29N5O2. The lowest BCUT2D eigenvalue weighted by Crippen LogP contribution is -2.62. The van der Waals surface area contributed by atoms with E-state index in [1.54, 1.807) is 6.92 Å². The van der Waals surface area contributed by atoms with Crippen molar-refractivity contribution in [2.75, 3.05) is 13.1 Å². The zero-order valence-electron chi connectivity index (χ0n) is 18.0. The van der Waals surface area contributed by atoms with Crippen molar-refractivity contribution in [3.05, 3.63) is 82.9 Å². The molecule has 1 aromatic heterocycles. The number of aliphatic hydroxyl groups excluding tert-OH is 1. The van der Waals surface area contributed by atoms with Crippen molar-refractivity contribution in [2.45, 2.75) is 44.9 Å². The summed E-state index contributed by atoms with van der Waals surface area (Å²) in [4.78, 5) is 19.4. The first-order valence-electron chi connectivity index (χ1n) is 10.6. The maximum atomic E-state index is 12.9. The van der Waals surface area contributed by atoms with E-state index in [2.05, 4.69) is 56.6 Å². The number of nitrogens with zero attached hydrogens (tertiary/aromatic N) is 3. The van der Waals surface area contributed by atoms with Crippen molar-refractivity contribution in [3.8, 4) is 0 Å². The number of aromatic amines is 1. The maximum Gasteiger partial charge on any atom is 0.228 e. The Morgan fingerprint density at radius 2 is 2.03 bits per heavy atom. The van der Waals surface area contributed by atoms with Gasteiger partial charge in [0.1, 0.15) is 5.82 Å². The number of hydrogen-bond donors (Lipinski definition) is 3. The number of H-pyrrole nitrogens is 1. The van der Waals surface area contributed by atoms with E-state index in [9.17, 15) is 9.90 Å². The van der Waals surface area contributed by atoms with E-state index in [1.807, 2.05) is 30.3 Å². The lowest BCUT2D eigenvalue weighted by Gasteiger charge is -2.46. The summed E-state index contributed by atoms with van der Waals surface area (Å²) in [6.45, 7) is 5.89. The summed E-state index contributed by atoms with van der Waals surface area (Å²) in [6.07, 6.45) is -0.0622. The minimum absolute atomic E-state index is 0.0681. The van der Waals surface area contributed by atoms with Gasteiger partial charge < -0.3 is 10.4 Å². The van der Waals surface area contributed by atoms with E-state index in [1.165, 1.54) is 11.1 Å². The summed E-state index contributed by atoms with van der Waals surface area (Å²) >= 11 is 0. The largest absolute Gasteiger partial charge is 0.389 e. The Labute approximate surface area is 182 Å². The number of nitrogens with one attached hydrogen (secondary N) is 2. The molecule has 0 spiro atoms. The minimum Gasteiger partial charge on any atom is -0.389 e. The molecule has 162 valence electrons. The van der Waals surface area contributed by atoms with Crippen LogP contribution in [0.3, 0.4) is 0 Å². The first-order chi connectivity index (χ1) is 14.9. The Morgan fingerprint density at radius 1 is 1.23 bits per heavy atom. The number of hydrogen-bond acceptors (Lipinski definition) is 5. The van der Waals surface area contributed by atoms with Crippen LogP contribution in [-0.2, 0) is 23.3 Å². The Morgan fingerprint density at radius 3 is 2.71 bits per heavy atom. The van der Waals surface area contributed by atoms with Gasteiger partial charge in [0.15, 0.2) is 5.82 Å². The molecule has 31 heavy (non-hydrogen) atoms. The Bertz CT molecular complexity index is 1040. The zero-order chi connectivity index (χ0) is 21.8. The molecule has 2 heterocycles. The third kappa shape index (κ3) is 4.84. The molecule has 0 bridgehead atoms.